The number of halogens is 4. The molecule has 1 saturated carbocycles. The van der Waals surface area contributed by atoms with Crippen LogP contribution in [0, 0.1) is 5.92 Å². The van der Waals surface area contributed by atoms with Crippen LogP contribution in [0.15, 0.2) is 30.6 Å². The van der Waals surface area contributed by atoms with E-state index >= 15 is 0 Å². The lowest BCUT2D eigenvalue weighted by atomic mass is 9.78. The summed E-state index contributed by atoms with van der Waals surface area (Å²) in [4.78, 5) is 17.7. The summed E-state index contributed by atoms with van der Waals surface area (Å²) in [5.74, 6) is 1.35. The van der Waals surface area contributed by atoms with E-state index in [1.165, 1.54) is 6.07 Å². The van der Waals surface area contributed by atoms with Gasteiger partial charge in [-0.1, -0.05) is 0 Å². The first-order valence-corrected chi connectivity index (χ1v) is 9.51. The molecule has 3 heterocycles. The predicted molar refractivity (Wildman–Crippen MR) is 107 cm³/mol. The number of alkyl halides is 3. The van der Waals surface area contributed by atoms with Crippen LogP contribution in [-0.4, -0.2) is 39.5 Å². The highest BCUT2D eigenvalue weighted by Crippen LogP contribution is 2.40. The zero-order chi connectivity index (χ0) is 20.6. The molecule has 2 aliphatic rings. The normalized spacial score (nSPS) is 23.9. The van der Waals surface area contributed by atoms with Gasteiger partial charge in [-0.15, -0.1) is 12.4 Å². The lowest BCUT2D eigenvalue weighted by Gasteiger charge is -2.35. The summed E-state index contributed by atoms with van der Waals surface area (Å²) in [7, 11) is 1.80. The molecule has 1 N–H and O–H groups in total. The largest absolute Gasteiger partial charge is 0.441 e. The van der Waals surface area contributed by atoms with Crippen molar-refractivity contribution in [3.63, 3.8) is 0 Å². The molecule has 1 amide bonds. The molecular weight excluding hydrogens is 423 g/mol. The van der Waals surface area contributed by atoms with Crippen molar-refractivity contribution in [2.24, 2.45) is 13.0 Å². The van der Waals surface area contributed by atoms with Crippen molar-refractivity contribution in [1.82, 2.24) is 14.8 Å². The third-order valence-corrected chi connectivity index (χ3v) is 5.63. The Morgan fingerprint density at radius 1 is 1.27 bits per heavy atom. The molecule has 2 fully saturated rings. The maximum Gasteiger partial charge on any atom is 0.417 e. The quantitative estimate of drug-likeness (QED) is 0.761. The number of aromatic nitrogens is 3. The van der Waals surface area contributed by atoms with Crippen molar-refractivity contribution in [3.05, 3.63) is 36.2 Å². The van der Waals surface area contributed by atoms with Gasteiger partial charge in [0.15, 0.2) is 5.82 Å². The highest BCUT2D eigenvalue weighted by Gasteiger charge is 2.48. The van der Waals surface area contributed by atoms with E-state index in [0.717, 1.165) is 37.9 Å². The minimum atomic E-state index is -4.38. The van der Waals surface area contributed by atoms with E-state index in [2.05, 4.69) is 15.4 Å². The Hall–Kier alpha value is -2.49. The van der Waals surface area contributed by atoms with Gasteiger partial charge in [0, 0.05) is 32.1 Å². The first-order valence-electron chi connectivity index (χ1n) is 9.51. The Balaban J connectivity index is 0.00000256. The van der Waals surface area contributed by atoms with Gasteiger partial charge in [0.25, 0.3) is 0 Å². The van der Waals surface area contributed by atoms with Gasteiger partial charge in [-0.25, -0.2) is 9.78 Å². The molecule has 1 saturated heterocycles. The molecule has 1 aliphatic carbocycles. The highest BCUT2D eigenvalue weighted by molar-refractivity contribution is 5.89. The fourth-order valence-electron chi connectivity index (χ4n) is 3.93. The third kappa shape index (κ3) is 4.63. The third-order valence-electron chi connectivity index (χ3n) is 5.63. The number of pyridine rings is 1. The summed E-state index contributed by atoms with van der Waals surface area (Å²) in [5.41, 5.74) is -1.25. The average Bonchev–Trinajstić information content (AvgIpc) is 3.24. The number of carbonyl (C=O) groups excluding carboxylic acids is 1. The first kappa shape index (κ1) is 22.2. The van der Waals surface area contributed by atoms with Crippen LogP contribution in [-0.2, 0) is 18.0 Å². The second-order valence-electron chi connectivity index (χ2n) is 7.74. The van der Waals surface area contributed by atoms with E-state index in [-0.39, 0.29) is 18.5 Å². The molecule has 1 spiro atoms. The molecule has 0 aromatic carbocycles. The summed E-state index contributed by atoms with van der Waals surface area (Å²) >= 11 is 0. The number of amides is 1. The summed E-state index contributed by atoms with van der Waals surface area (Å²) in [6, 6.07) is 4.15. The van der Waals surface area contributed by atoms with E-state index in [1.54, 1.807) is 28.9 Å². The maximum atomic E-state index is 12.6. The second-order valence-corrected chi connectivity index (χ2v) is 7.74. The lowest BCUT2D eigenvalue weighted by Crippen LogP contribution is -2.39. The summed E-state index contributed by atoms with van der Waals surface area (Å²) in [6.45, 7) is 1.11. The Kier molecular flexibility index (Phi) is 6.16. The average molecular weight is 446 g/mol. The molecule has 30 heavy (non-hydrogen) atoms. The van der Waals surface area contributed by atoms with Crippen LogP contribution in [0.5, 0.6) is 0 Å². The molecule has 0 bridgehead atoms. The minimum Gasteiger partial charge on any atom is -0.441 e. The number of carbonyl (C=O) groups is 1. The van der Waals surface area contributed by atoms with Crippen LogP contribution in [0.1, 0.15) is 31.2 Å². The first-order chi connectivity index (χ1) is 13.7. The number of rotatable bonds is 4. The number of ether oxygens (including phenoxy) is 1. The van der Waals surface area contributed by atoms with Crippen LogP contribution >= 0.6 is 12.4 Å². The van der Waals surface area contributed by atoms with Crippen molar-refractivity contribution >= 4 is 30.1 Å². The fraction of sp³-hybridized carbons (Fsp3) is 0.526. The van der Waals surface area contributed by atoms with Crippen LogP contribution in [0.25, 0.3) is 0 Å². The molecule has 1 aliphatic heterocycles. The summed E-state index contributed by atoms with van der Waals surface area (Å²) in [5, 5.41) is 7.38. The van der Waals surface area contributed by atoms with Crippen LogP contribution < -0.4 is 10.2 Å². The molecule has 2 aromatic rings. The molecule has 164 valence electrons. The fourth-order valence-corrected chi connectivity index (χ4v) is 3.93. The zero-order valence-electron chi connectivity index (χ0n) is 16.4. The molecule has 0 atom stereocenters. The van der Waals surface area contributed by atoms with E-state index in [9.17, 15) is 18.0 Å². The van der Waals surface area contributed by atoms with Crippen LogP contribution in [0.3, 0.4) is 0 Å². The number of hydrogen-bond acceptors (Lipinski definition) is 5. The molecule has 7 nitrogen and oxygen atoms in total. The number of anilines is 2. The second kappa shape index (κ2) is 8.33. The Labute approximate surface area is 178 Å². The van der Waals surface area contributed by atoms with Gasteiger partial charge in [0.1, 0.15) is 11.4 Å². The number of nitrogens with one attached hydrogen (secondary N) is 1. The van der Waals surface area contributed by atoms with Gasteiger partial charge in [-0.05, 0) is 43.7 Å². The molecular formula is C19H23ClF3N5O2. The molecule has 0 radical (unpaired) electrons. The Bertz CT molecular complexity index is 879. The van der Waals surface area contributed by atoms with Gasteiger partial charge >= 0.3 is 12.3 Å². The standard InChI is InChI=1S/C19H22F3N5O2.ClH/c1-26-9-6-16(25-26)27-12-18(29-17(27)28)7-4-13(5-8-18)10-23-15-3-2-14(11-24-15)19(20,21)22;/h2-3,6,9,11,13H,4-5,7-8,10,12H2,1H3,(H,23,24);1H. The minimum absolute atomic E-state index is 0. The van der Waals surface area contributed by atoms with E-state index in [1.807, 2.05) is 0 Å². The van der Waals surface area contributed by atoms with Crippen molar-refractivity contribution < 1.29 is 22.7 Å². The molecule has 2 aromatic heterocycles. The highest BCUT2D eigenvalue weighted by atomic mass is 35.5. The van der Waals surface area contributed by atoms with Crippen LogP contribution in [0.4, 0.5) is 29.6 Å². The lowest BCUT2D eigenvalue weighted by molar-refractivity contribution is -0.137. The summed E-state index contributed by atoms with van der Waals surface area (Å²) < 4.78 is 45.2. The molecule has 11 heteroatoms. The summed E-state index contributed by atoms with van der Waals surface area (Å²) in [6.07, 6.45) is 1.07. The molecule has 0 unspecified atom stereocenters. The number of aryl methyl sites for hydroxylation is 1. The van der Waals surface area contributed by atoms with Crippen LogP contribution in [0.2, 0.25) is 0 Å². The monoisotopic (exact) mass is 445 g/mol. The smallest absolute Gasteiger partial charge is 0.417 e. The van der Waals surface area contributed by atoms with Gasteiger partial charge in [0.05, 0.1) is 12.1 Å². The van der Waals surface area contributed by atoms with Crippen molar-refractivity contribution in [1.29, 1.82) is 0 Å². The number of nitrogens with zero attached hydrogens (tertiary/aromatic N) is 4. The van der Waals surface area contributed by atoms with Gasteiger partial charge in [0.2, 0.25) is 0 Å². The Morgan fingerprint density at radius 2 is 2.00 bits per heavy atom. The van der Waals surface area contributed by atoms with Crippen molar-refractivity contribution in [3.8, 4) is 0 Å². The topological polar surface area (TPSA) is 72.3 Å². The van der Waals surface area contributed by atoms with Crippen molar-refractivity contribution in [2.75, 3.05) is 23.3 Å². The molecule has 4 rings (SSSR count). The predicted octanol–water partition coefficient (Wildman–Crippen LogP) is 4.25. The Morgan fingerprint density at radius 3 is 2.57 bits per heavy atom. The van der Waals surface area contributed by atoms with E-state index < -0.39 is 17.3 Å². The SMILES string of the molecule is Cl.Cn1ccc(N2CC3(CCC(CNc4ccc(C(F)(F)F)cn4)CC3)OC2=O)n1. The van der Waals surface area contributed by atoms with Gasteiger partial charge < -0.3 is 10.1 Å². The van der Waals surface area contributed by atoms with Gasteiger partial charge in [-0.3, -0.25) is 9.58 Å². The number of hydrogen-bond donors (Lipinski definition) is 1. The van der Waals surface area contributed by atoms with Crippen molar-refractivity contribution in [2.45, 2.75) is 37.5 Å². The van der Waals surface area contributed by atoms with Gasteiger partial charge in [-0.2, -0.15) is 18.3 Å². The van der Waals surface area contributed by atoms with E-state index in [4.69, 9.17) is 4.74 Å². The zero-order valence-corrected chi connectivity index (χ0v) is 17.2. The van der Waals surface area contributed by atoms with E-state index in [0.29, 0.717) is 30.6 Å². The maximum absolute atomic E-state index is 12.6.